The van der Waals surface area contributed by atoms with E-state index in [1.807, 2.05) is 37.3 Å². The molecule has 1 saturated heterocycles. The molecule has 0 radical (unpaired) electrons. The van der Waals surface area contributed by atoms with Crippen molar-refractivity contribution in [3.8, 4) is 11.5 Å². The molecule has 3 aromatic rings. The molecule has 0 unspecified atom stereocenters. The van der Waals surface area contributed by atoms with Crippen LogP contribution in [0.2, 0.25) is 0 Å². The molecule has 0 aromatic heterocycles. The van der Waals surface area contributed by atoms with Gasteiger partial charge in [0, 0.05) is 37.0 Å². The van der Waals surface area contributed by atoms with Gasteiger partial charge in [-0.3, -0.25) is 4.79 Å². The van der Waals surface area contributed by atoms with Crippen molar-refractivity contribution in [3.05, 3.63) is 77.4 Å². The van der Waals surface area contributed by atoms with E-state index >= 15 is 0 Å². The standard InChI is InChI=1S/C28H32N4O4/c1-19-6-8-20(9-7-19)18-29-27(33)21-10-12-24(32-14-4-5-15-32)23(16-21)31-28(34)30-22-11-13-25(35-2)26(17-22)36-3/h6-13,16-17H,4-5,14-15,18H2,1-3H3,(H,29,33)(H2,30,31,34). The number of methoxy groups -OCH3 is 2. The molecule has 3 aromatic carbocycles. The van der Waals surface area contributed by atoms with E-state index in [2.05, 4.69) is 20.9 Å². The van der Waals surface area contributed by atoms with Crippen LogP contribution in [0.4, 0.5) is 21.9 Å². The minimum absolute atomic E-state index is 0.202. The molecule has 8 nitrogen and oxygen atoms in total. The molecule has 1 aliphatic rings. The van der Waals surface area contributed by atoms with E-state index in [0.29, 0.717) is 35.0 Å². The van der Waals surface area contributed by atoms with Crippen LogP contribution in [0, 0.1) is 6.92 Å². The summed E-state index contributed by atoms with van der Waals surface area (Å²) in [4.78, 5) is 28.0. The second-order valence-corrected chi connectivity index (χ2v) is 8.74. The van der Waals surface area contributed by atoms with Crippen LogP contribution in [0.1, 0.15) is 34.3 Å². The zero-order valence-corrected chi connectivity index (χ0v) is 20.9. The van der Waals surface area contributed by atoms with Gasteiger partial charge in [0.1, 0.15) is 0 Å². The number of hydrogen-bond acceptors (Lipinski definition) is 5. The lowest BCUT2D eigenvalue weighted by Crippen LogP contribution is -2.26. The lowest BCUT2D eigenvalue weighted by Gasteiger charge is -2.22. The van der Waals surface area contributed by atoms with E-state index in [1.54, 1.807) is 44.6 Å². The molecule has 4 rings (SSSR count). The van der Waals surface area contributed by atoms with Gasteiger partial charge in [-0.05, 0) is 55.7 Å². The summed E-state index contributed by atoms with van der Waals surface area (Å²) in [7, 11) is 3.10. The topological polar surface area (TPSA) is 91.9 Å². The number of aryl methyl sites for hydroxylation is 1. The maximum atomic E-state index is 12.9. The SMILES string of the molecule is COc1ccc(NC(=O)Nc2cc(C(=O)NCc3ccc(C)cc3)ccc2N2CCCC2)cc1OC. The molecule has 8 heteroatoms. The highest BCUT2D eigenvalue weighted by molar-refractivity contribution is 6.04. The minimum atomic E-state index is -0.417. The fourth-order valence-corrected chi connectivity index (χ4v) is 4.20. The zero-order chi connectivity index (χ0) is 25.5. The lowest BCUT2D eigenvalue weighted by molar-refractivity contribution is 0.0951. The third-order valence-electron chi connectivity index (χ3n) is 6.17. The largest absolute Gasteiger partial charge is 0.493 e. The maximum absolute atomic E-state index is 12.9. The van der Waals surface area contributed by atoms with Gasteiger partial charge in [-0.1, -0.05) is 29.8 Å². The molecule has 1 fully saturated rings. The number of benzene rings is 3. The van der Waals surface area contributed by atoms with Gasteiger partial charge >= 0.3 is 6.03 Å². The number of ether oxygens (including phenoxy) is 2. The van der Waals surface area contributed by atoms with Crippen molar-refractivity contribution in [2.45, 2.75) is 26.3 Å². The highest BCUT2D eigenvalue weighted by Crippen LogP contribution is 2.32. The van der Waals surface area contributed by atoms with Gasteiger partial charge in [0.25, 0.3) is 5.91 Å². The van der Waals surface area contributed by atoms with Crippen molar-refractivity contribution in [3.63, 3.8) is 0 Å². The van der Waals surface area contributed by atoms with E-state index in [9.17, 15) is 9.59 Å². The number of nitrogens with one attached hydrogen (secondary N) is 3. The number of nitrogens with zero attached hydrogens (tertiary/aromatic N) is 1. The summed E-state index contributed by atoms with van der Waals surface area (Å²) in [5.41, 5.74) is 4.70. The summed E-state index contributed by atoms with van der Waals surface area (Å²) < 4.78 is 10.6. The number of urea groups is 1. The molecule has 188 valence electrons. The fraction of sp³-hybridized carbons (Fsp3) is 0.286. The van der Waals surface area contributed by atoms with Gasteiger partial charge < -0.3 is 30.3 Å². The van der Waals surface area contributed by atoms with Crippen molar-refractivity contribution in [2.75, 3.05) is 42.8 Å². The molecule has 0 atom stereocenters. The highest BCUT2D eigenvalue weighted by atomic mass is 16.5. The average Bonchev–Trinajstić information content (AvgIpc) is 3.43. The van der Waals surface area contributed by atoms with Crippen LogP contribution < -0.4 is 30.3 Å². The average molecular weight is 489 g/mol. The normalized spacial score (nSPS) is 12.7. The first-order valence-electron chi connectivity index (χ1n) is 12.0. The predicted octanol–water partition coefficient (Wildman–Crippen LogP) is 5.19. The Kier molecular flexibility index (Phi) is 7.95. The Labute approximate surface area is 211 Å². The van der Waals surface area contributed by atoms with E-state index < -0.39 is 6.03 Å². The van der Waals surface area contributed by atoms with Gasteiger partial charge in [0.2, 0.25) is 0 Å². The fourth-order valence-electron chi connectivity index (χ4n) is 4.20. The second kappa shape index (κ2) is 11.5. The van der Waals surface area contributed by atoms with Gasteiger partial charge in [-0.15, -0.1) is 0 Å². The smallest absolute Gasteiger partial charge is 0.323 e. The molecular formula is C28H32N4O4. The highest BCUT2D eigenvalue weighted by Gasteiger charge is 2.19. The summed E-state index contributed by atoms with van der Waals surface area (Å²) in [6, 6.07) is 18.2. The van der Waals surface area contributed by atoms with Crippen LogP contribution in [0.25, 0.3) is 0 Å². The molecule has 0 aliphatic carbocycles. The van der Waals surface area contributed by atoms with E-state index in [0.717, 1.165) is 37.2 Å². The van der Waals surface area contributed by atoms with Gasteiger partial charge in [-0.25, -0.2) is 4.79 Å². The van der Waals surface area contributed by atoms with Crippen LogP contribution in [-0.2, 0) is 6.54 Å². The third-order valence-corrected chi connectivity index (χ3v) is 6.17. The lowest BCUT2D eigenvalue weighted by atomic mass is 10.1. The van der Waals surface area contributed by atoms with E-state index in [4.69, 9.17) is 9.47 Å². The number of anilines is 3. The van der Waals surface area contributed by atoms with Gasteiger partial charge in [-0.2, -0.15) is 0 Å². The van der Waals surface area contributed by atoms with Crippen LogP contribution in [0.3, 0.4) is 0 Å². The summed E-state index contributed by atoms with van der Waals surface area (Å²) in [5.74, 6) is 0.885. The molecule has 3 amide bonds. The molecule has 1 aliphatic heterocycles. The van der Waals surface area contributed by atoms with Crippen LogP contribution in [0.15, 0.2) is 60.7 Å². The van der Waals surface area contributed by atoms with Crippen molar-refractivity contribution >= 4 is 29.0 Å². The monoisotopic (exact) mass is 488 g/mol. The number of hydrogen-bond donors (Lipinski definition) is 3. The first-order valence-corrected chi connectivity index (χ1v) is 12.0. The van der Waals surface area contributed by atoms with Gasteiger partial charge in [0.05, 0.1) is 25.6 Å². The number of amides is 3. The van der Waals surface area contributed by atoms with Crippen molar-refractivity contribution < 1.29 is 19.1 Å². The molecule has 1 heterocycles. The zero-order valence-electron chi connectivity index (χ0n) is 20.9. The van der Waals surface area contributed by atoms with Crippen LogP contribution in [0.5, 0.6) is 11.5 Å². The van der Waals surface area contributed by atoms with Crippen LogP contribution in [-0.4, -0.2) is 39.2 Å². The number of rotatable bonds is 8. The first-order chi connectivity index (χ1) is 17.5. The summed E-state index contributed by atoms with van der Waals surface area (Å²) in [6.45, 7) is 4.27. The molecule has 0 saturated carbocycles. The summed E-state index contributed by atoms with van der Waals surface area (Å²) >= 11 is 0. The first kappa shape index (κ1) is 24.9. The quantitative estimate of drug-likeness (QED) is 0.406. The Morgan fingerprint density at radius 2 is 1.58 bits per heavy atom. The molecule has 3 N–H and O–H groups in total. The van der Waals surface area contributed by atoms with Crippen LogP contribution >= 0.6 is 0 Å². The second-order valence-electron chi connectivity index (χ2n) is 8.74. The van der Waals surface area contributed by atoms with Gasteiger partial charge in [0.15, 0.2) is 11.5 Å². The molecular weight excluding hydrogens is 456 g/mol. The molecule has 0 spiro atoms. The summed E-state index contributed by atoms with van der Waals surface area (Å²) in [5, 5.41) is 8.72. The molecule has 36 heavy (non-hydrogen) atoms. The maximum Gasteiger partial charge on any atom is 0.323 e. The Morgan fingerprint density at radius 1 is 0.861 bits per heavy atom. The van der Waals surface area contributed by atoms with Crippen molar-refractivity contribution in [2.24, 2.45) is 0 Å². The third kappa shape index (κ3) is 6.07. The van der Waals surface area contributed by atoms with E-state index in [1.165, 1.54) is 5.56 Å². The Bertz CT molecular complexity index is 1220. The Morgan fingerprint density at radius 3 is 2.28 bits per heavy atom. The molecule has 0 bridgehead atoms. The Hall–Kier alpha value is -4.20. The predicted molar refractivity (Wildman–Crippen MR) is 142 cm³/mol. The van der Waals surface area contributed by atoms with Crippen molar-refractivity contribution in [1.82, 2.24) is 5.32 Å². The summed E-state index contributed by atoms with van der Waals surface area (Å²) in [6.07, 6.45) is 2.19. The van der Waals surface area contributed by atoms with E-state index in [-0.39, 0.29) is 5.91 Å². The number of carbonyl (C=O) groups is 2. The van der Waals surface area contributed by atoms with Crippen molar-refractivity contribution in [1.29, 1.82) is 0 Å². The minimum Gasteiger partial charge on any atom is -0.493 e. The Balaban J connectivity index is 1.50. The number of carbonyl (C=O) groups excluding carboxylic acids is 2.